The topological polar surface area (TPSA) is 50.2 Å². The first kappa shape index (κ1) is 14.6. The van der Waals surface area contributed by atoms with Gasteiger partial charge in [-0.05, 0) is 45.7 Å². The van der Waals surface area contributed by atoms with Gasteiger partial charge in [0.15, 0.2) is 0 Å². The first-order valence-corrected chi connectivity index (χ1v) is 8.18. The molecule has 2 aliphatic rings. The molecule has 3 rings (SSSR count). The van der Waals surface area contributed by atoms with Gasteiger partial charge < -0.3 is 5.32 Å². The maximum Gasteiger partial charge on any atom is 0.222 e. The lowest BCUT2D eigenvalue weighted by molar-refractivity contribution is -0.122. The second-order valence-electron chi connectivity index (χ2n) is 6.46. The number of aromatic nitrogens is 2. The summed E-state index contributed by atoms with van der Waals surface area (Å²) in [6.45, 7) is 7.05. The fraction of sp³-hybridized carbons (Fsp3) is 0.750. The van der Waals surface area contributed by atoms with Crippen molar-refractivity contribution in [3.63, 3.8) is 0 Å². The molecule has 2 atom stereocenters. The SMILES string of the molecule is Cc1cc(C)n(CCC(=O)NC2CCN3CCCCC23)n1. The fourth-order valence-corrected chi connectivity index (χ4v) is 3.80. The van der Waals surface area contributed by atoms with Crippen molar-refractivity contribution in [2.24, 2.45) is 0 Å². The molecule has 0 bridgehead atoms. The summed E-state index contributed by atoms with van der Waals surface area (Å²) in [5, 5.41) is 7.66. The van der Waals surface area contributed by atoms with Gasteiger partial charge in [-0.2, -0.15) is 5.10 Å². The Bertz CT molecular complexity index is 510. The van der Waals surface area contributed by atoms with Crippen LogP contribution in [0.1, 0.15) is 43.5 Å². The normalized spacial score (nSPS) is 25.8. The number of nitrogens with one attached hydrogen (secondary N) is 1. The Morgan fingerprint density at radius 2 is 2.19 bits per heavy atom. The number of nitrogens with zero attached hydrogens (tertiary/aromatic N) is 3. The number of aryl methyl sites for hydroxylation is 3. The predicted octanol–water partition coefficient (Wildman–Crippen LogP) is 1.63. The molecule has 5 heteroatoms. The highest BCUT2D eigenvalue weighted by Gasteiger charge is 2.35. The third-order valence-electron chi connectivity index (χ3n) is 4.86. The number of rotatable bonds is 4. The molecule has 5 nitrogen and oxygen atoms in total. The number of carbonyl (C=O) groups is 1. The molecule has 2 fully saturated rings. The summed E-state index contributed by atoms with van der Waals surface area (Å²) in [6, 6.07) is 2.99. The van der Waals surface area contributed by atoms with Crippen molar-refractivity contribution in [1.29, 1.82) is 0 Å². The molecule has 1 amide bonds. The van der Waals surface area contributed by atoms with E-state index in [1.807, 2.05) is 18.5 Å². The van der Waals surface area contributed by atoms with Gasteiger partial charge in [0.25, 0.3) is 0 Å². The van der Waals surface area contributed by atoms with E-state index in [0.717, 1.165) is 24.4 Å². The van der Waals surface area contributed by atoms with Crippen LogP contribution in [0.5, 0.6) is 0 Å². The predicted molar refractivity (Wildman–Crippen MR) is 82.1 cm³/mol. The first-order valence-electron chi connectivity index (χ1n) is 8.18. The van der Waals surface area contributed by atoms with Crippen LogP contribution in [0.3, 0.4) is 0 Å². The van der Waals surface area contributed by atoms with E-state index in [2.05, 4.69) is 21.4 Å². The highest BCUT2D eigenvalue weighted by Crippen LogP contribution is 2.27. The van der Waals surface area contributed by atoms with E-state index < -0.39 is 0 Å². The minimum absolute atomic E-state index is 0.167. The smallest absolute Gasteiger partial charge is 0.222 e. The summed E-state index contributed by atoms with van der Waals surface area (Å²) in [4.78, 5) is 14.7. The Hall–Kier alpha value is -1.36. The molecule has 21 heavy (non-hydrogen) atoms. The van der Waals surface area contributed by atoms with Crippen LogP contribution in [0, 0.1) is 13.8 Å². The zero-order valence-corrected chi connectivity index (χ0v) is 13.1. The lowest BCUT2D eigenvalue weighted by atomic mass is 9.99. The van der Waals surface area contributed by atoms with Crippen molar-refractivity contribution >= 4 is 5.91 Å². The zero-order valence-electron chi connectivity index (χ0n) is 13.1. The van der Waals surface area contributed by atoms with Crippen LogP contribution < -0.4 is 5.32 Å². The minimum Gasteiger partial charge on any atom is -0.352 e. The van der Waals surface area contributed by atoms with E-state index in [0.29, 0.717) is 25.0 Å². The van der Waals surface area contributed by atoms with Crippen molar-refractivity contribution in [2.45, 2.75) is 64.6 Å². The van der Waals surface area contributed by atoms with E-state index in [9.17, 15) is 4.79 Å². The Morgan fingerprint density at radius 3 is 2.95 bits per heavy atom. The second-order valence-corrected chi connectivity index (χ2v) is 6.46. The quantitative estimate of drug-likeness (QED) is 0.917. The molecule has 3 heterocycles. The third kappa shape index (κ3) is 3.28. The number of fused-ring (bicyclic) bond motifs is 1. The van der Waals surface area contributed by atoms with Crippen LogP contribution in [0.2, 0.25) is 0 Å². The van der Waals surface area contributed by atoms with Crippen LogP contribution in [-0.2, 0) is 11.3 Å². The van der Waals surface area contributed by atoms with Gasteiger partial charge in [0.05, 0.1) is 5.69 Å². The largest absolute Gasteiger partial charge is 0.352 e. The number of hydrogen-bond donors (Lipinski definition) is 1. The molecular weight excluding hydrogens is 264 g/mol. The number of hydrogen-bond acceptors (Lipinski definition) is 3. The maximum atomic E-state index is 12.2. The van der Waals surface area contributed by atoms with Crippen LogP contribution in [0.4, 0.5) is 0 Å². The second kappa shape index (κ2) is 6.18. The Kier molecular flexibility index (Phi) is 4.29. The van der Waals surface area contributed by atoms with E-state index in [4.69, 9.17) is 0 Å². The van der Waals surface area contributed by atoms with Crippen molar-refractivity contribution in [3.8, 4) is 0 Å². The van der Waals surface area contributed by atoms with Crippen LogP contribution >= 0.6 is 0 Å². The molecule has 1 aromatic rings. The zero-order chi connectivity index (χ0) is 14.8. The highest BCUT2D eigenvalue weighted by atomic mass is 16.1. The average Bonchev–Trinajstić information content (AvgIpc) is 3.00. The molecule has 2 saturated heterocycles. The van der Waals surface area contributed by atoms with Gasteiger partial charge in [0, 0.05) is 37.3 Å². The molecule has 1 N–H and O–H groups in total. The summed E-state index contributed by atoms with van der Waals surface area (Å²) in [6.07, 6.45) is 5.48. The van der Waals surface area contributed by atoms with Crippen molar-refractivity contribution < 1.29 is 4.79 Å². The molecule has 0 saturated carbocycles. The van der Waals surface area contributed by atoms with Gasteiger partial charge in [-0.25, -0.2) is 0 Å². The molecule has 0 radical (unpaired) electrons. The first-order chi connectivity index (χ1) is 10.1. The van der Waals surface area contributed by atoms with E-state index in [-0.39, 0.29) is 5.91 Å². The Balaban J connectivity index is 1.49. The molecule has 2 unspecified atom stereocenters. The van der Waals surface area contributed by atoms with Crippen LogP contribution in [-0.4, -0.2) is 45.8 Å². The summed E-state index contributed by atoms with van der Waals surface area (Å²) in [5.41, 5.74) is 2.14. The number of amides is 1. The fourth-order valence-electron chi connectivity index (χ4n) is 3.80. The molecular formula is C16H26N4O. The highest BCUT2D eigenvalue weighted by molar-refractivity contribution is 5.76. The maximum absolute atomic E-state index is 12.2. The Labute approximate surface area is 126 Å². The molecule has 0 aliphatic carbocycles. The molecule has 1 aromatic heterocycles. The monoisotopic (exact) mass is 290 g/mol. The van der Waals surface area contributed by atoms with Crippen molar-refractivity contribution in [3.05, 3.63) is 17.5 Å². The third-order valence-corrected chi connectivity index (χ3v) is 4.86. The van der Waals surface area contributed by atoms with Gasteiger partial charge >= 0.3 is 0 Å². The van der Waals surface area contributed by atoms with Gasteiger partial charge in [-0.1, -0.05) is 6.42 Å². The standard InChI is InChI=1S/C16H26N4O/c1-12-11-13(2)20(18-12)10-7-16(21)17-14-6-9-19-8-4-3-5-15(14)19/h11,14-15H,3-10H2,1-2H3,(H,17,21). The lowest BCUT2D eigenvalue weighted by Crippen LogP contribution is -2.46. The average molecular weight is 290 g/mol. The lowest BCUT2D eigenvalue weighted by Gasteiger charge is -2.32. The van der Waals surface area contributed by atoms with Crippen LogP contribution in [0.15, 0.2) is 6.07 Å². The summed E-state index contributed by atoms with van der Waals surface area (Å²) in [7, 11) is 0. The van der Waals surface area contributed by atoms with E-state index >= 15 is 0 Å². The van der Waals surface area contributed by atoms with E-state index in [1.165, 1.54) is 25.8 Å². The minimum atomic E-state index is 0.167. The molecule has 2 aliphatic heterocycles. The number of piperidine rings is 1. The summed E-state index contributed by atoms with van der Waals surface area (Å²) < 4.78 is 1.93. The molecule has 0 aromatic carbocycles. The van der Waals surface area contributed by atoms with Gasteiger partial charge in [-0.3, -0.25) is 14.4 Å². The summed E-state index contributed by atoms with van der Waals surface area (Å²) >= 11 is 0. The van der Waals surface area contributed by atoms with E-state index in [1.54, 1.807) is 0 Å². The molecule has 116 valence electrons. The molecule has 0 spiro atoms. The number of carbonyl (C=O) groups excluding carboxylic acids is 1. The summed E-state index contributed by atoms with van der Waals surface area (Å²) in [5.74, 6) is 0.167. The van der Waals surface area contributed by atoms with Crippen LogP contribution in [0.25, 0.3) is 0 Å². The van der Waals surface area contributed by atoms with Crippen molar-refractivity contribution in [2.75, 3.05) is 13.1 Å². The van der Waals surface area contributed by atoms with Crippen molar-refractivity contribution in [1.82, 2.24) is 20.0 Å². The van der Waals surface area contributed by atoms with Gasteiger partial charge in [0.2, 0.25) is 5.91 Å². The van der Waals surface area contributed by atoms with Gasteiger partial charge in [-0.15, -0.1) is 0 Å². The Morgan fingerprint density at radius 1 is 1.33 bits per heavy atom. The van der Waals surface area contributed by atoms with Gasteiger partial charge in [0.1, 0.15) is 0 Å².